The number of ether oxygens (including phenoxy) is 3. The Morgan fingerprint density at radius 3 is 2.53 bits per heavy atom. The van der Waals surface area contributed by atoms with E-state index in [0.29, 0.717) is 23.7 Å². The standard InChI is InChI=1S/C14H25IO4/c1-5-17-13(16)10-8-11(15)12(9-10)18-6-7-19-14(2,3)4/h10-12H,5-9H2,1-4H3. The van der Waals surface area contributed by atoms with Crippen LogP contribution in [0.4, 0.5) is 0 Å². The van der Waals surface area contributed by atoms with E-state index in [1.54, 1.807) is 0 Å². The molecule has 0 radical (unpaired) electrons. The Bertz CT molecular complexity index is 288. The van der Waals surface area contributed by atoms with E-state index in [0.717, 1.165) is 12.8 Å². The molecule has 1 aliphatic carbocycles. The quantitative estimate of drug-likeness (QED) is 0.306. The zero-order valence-corrected chi connectivity index (χ0v) is 14.4. The van der Waals surface area contributed by atoms with Crippen molar-refractivity contribution in [2.45, 2.75) is 56.2 Å². The molecule has 4 nitrogen and oxygen atoms in total. The Kier molecular flexibility index (Phi) is 7.04. The molecule has 0 heterocycles. The summed E-state index contributed by atoms with van der Waals surface area (Å²) in [6.45, 7) is 9.55. The fraction of sp³-hybridized carbons (Fsp3) is 0.929. The van der Waals surface area contributed by atoms with Gasteiger partial charge in [-0.25, -0.2) is 0 Å². The molecule has 0 aromatic heterocycles. The van der Waals surface area contributed by atoms with Crippen LogP contribution >= 0.6 is 22.6 Å². The number of hydrogen-bond donors (Lipinski definition) is 0. The van der Waals surface area contributed by atoms with E-state index in [9.17, 15) is 4.79 Å². The molecular formula is C14H25IO4. The first-order valence-corrected chi connectivity index (χ1v) is 8.14. The molecule has 1 aliphatic rings. The molecule has 19 heavy (non-hydrogen) atoms. The number of rotatable bonds is 6. The van der Waals surface area contributed by atoms with Crippen molar-refractivity contribution < 1.29 is 19.0 Å². The second-order valence-electron chi connectivity index (χ2n) is 5.81. The van der Waals surface area contributed by atoms with Crippen molar-refractivity contribution in [2.75, 3.05) is 19.8 Å². The lowest BCUT2D eigenvalue weighted by Crippen LogP contribution is -2.25. The third-order valence-corrected chi connectivity index (χ3v) is 4.31. The molecule has 0 aromatic rings. The highest BCUT2D eigenvalue weighted by molar-refractivity contribution is 14.1. The second kappa shape index (κ2) is 7.78. The third kappa shape index (κ3) is 6.40. The van der Waals surface area contributed by atoms with Crippen LogP contribution in [0.2, 0.25) is 0 Å². The fourth-order valence-corrected chi connectivity index (χ4v) is 3.24. The van der Waals surface area contributed by atoms with Gasteiger partial charge < -0.3 is 14.2 Å². The summed E-state index contributed by atoms with van der Waals surface area (Å²) in [5.74, 6) is -0.0865. The number of carbonyl (C=O) groups excluding carboxylic acids is 1. The number of hydrogen-bond acceptors (Lipinski definition) is 4. The molecule has 1 saturated carbocycles. The summed E-state index contributed by atoms with van der Waals surface area (Å²) in [4.78, 5) is 11.7. The lowest BCUT2D eigenvalue weighted by atomic mass is 10.1. The van der Waals surface area contributed by atoms with Gasteiger partial charge in [0.1, 0.15) is 0 Å². The van der Waals surface area contributed by atoms with E-state index in [1.807, 2.05) is 27.7 Å². The van der Waals surface area contributed by atoms with Crippen LogP contribution in [0.3, 0.4) is 0 Å². The van der Waals surface area contributed by atoms with E-state index in [1.165, 1.54) is 0 Å². The summed E-state index contributed by atoms with van der Waals surface area (Å²) in [6.07, 6.45) is 1.75. The van der Waals surface area contributed by atoms with Gasteiger partial charge in [-0.1, -0.05) is 22.6 Å². The van der Waals surface area contributed by atoms with Crippen molar-refractivity contribution >= 4 is 28.6 Å². The summed E-state index contributed by atoms with van der Waals surface area (Å²) in [5.41, 5.74) is -0.129. The lowest BCUT2D eigenvalue weighted by Gasteiger charge is -2.21. The molecule has 0 bridgehead atoms. The van der Waals surface area contributed by atoms with Crippen LogP contribution in [-0.2, 0) is 19.0 Å². The van der Waals surface area contributed by atoms with Crippen LogP contribution < -0.4 is 0 Å². The van der Waals surface area contributed by atoms with Crippen LogP contribution in [0.25, 0.3) is 0 Å². The van der Waals surface area contributed by atoms with Crippen molar-refractivity contribution in [3.8, 4) is 0 Å². The first-order valence-electron chi connectivity index (χ1n) is 6.89. The maximum absolute atomic E-state index is 11.7. The molecule has 0 aromatic carbocycles. The molecule has 0 amide bonds. The van der Waals surface area contributed by atoms with Gasteiger partial charge in [0.15, 0.2) is 0 Å². The van der Waals surface area contributed by atoms with Crippen LogP contribution in [0.15, 0.2) is 0 Å². The highest BCUT2D eigenvalue weighted by atomic mass is 127. The molecule has 3 unspecified atom stereocenters. The number of carbonyl (C=O) groups is 1. The van der Waals surface area contributed by atoms with Crippen LogP contribution in [0, 0.1) is 5.92 Å². The van der Waals surface area contributed by atoms with Gasteiger partial charge in [-0.2, -0.15) is 0 Å². The van der Waals surface area contributed by atoms with Crippen molar-refractivity contribution in [1.29, 1.82) is 0 Å². The van der Waals surface area contributed by atoms with E-state index in [2.05, 4.69) is 22.6 Å². The molecule has 1 rings (SSSR count). The largest absolute Gasteiger partial charge is 0.466 e. The predicted molar refractivity (Wildman–Crippen MR) is 82.6 cm³/mol. The number of alkyl halides is 1. The Balaban J connectivity index is 2.26. The van der Waals surface area contributed by atoms with Gasteiger partial charge in [0, 0.05) is 3.92 Å². The van der Waals surface area contributed by atoms with Gasteiger partial charge in [-0.3, -0.25) is 4.79 Å². The molecule has 3 atom stereocenters. The average molecular weight is 384 g/mol. The van der Waals surface area contributed by atoms with E-state index in [-0.39, 0.29) is 23.6 Å². The van der Waals surface area contributed by atoms with Gasteiger partial charge in [0.05, 0.1) is 37.4 Å². The summed E-state index contributed by atoms with van der Waals surface area (Å²) >= 11 is 2.37. The topological polar surface area (TPSA) is 44.8 Å². The smallest absolute Gasteiger partial charge is 0.309 e. The highest BCUT2D eigenvalue weighted by Crippen LogP contribution is 2.34. The van der Waals surface area contributed by atoms with Crippen molar-refractivity contribution in [3.63, 3.8) is 0 Å². The van der Waals surface area contributed by atoms with Crippen LogP contribution in [-0.4, -0.2) is 41.4 Å². The van der Waals surface area contributed by atoms with Crippen LogP contribution in [0.1, 0.15) is 40.5 Å². The Hall–Kier alpha value is 0.120. The van der Waals surface area contributed by atoms with E-state index < -0.39 is 0 Å². The lowest BCUT2D eigenvalue weighted by molar-refractivity contribution is -0.148. The minimum absolute atomic E-state index is 0.00427. The maximum atomic E-state index is 11.7. The van der Waals surface area contributed by atoms with Crippen LogP contribution in [0.5, 0.6) is 0 Å². The second-order valence-corrected chi connectivity index (χ2v) is 7.41. The van der Waals surface area contributed by atoms with Gasteiger partial charge in [0.2, 0.25) is 0 Å². The van der Waals surface area contributed by atoms with E-state index >= 15 is 0 Å². The highest BCUT2D eigenvalue weighted by Gasteiger charge is 2.37. The van der Waals surface area contributed by atoms with Gasteiger partial charge in [-0.15, -0.1) is 0 Å². The minimum atomic E-state index is -0.129. The summed E-state index contributed by atoms with van der Waals surface area (Å²) in [5, 5.41) is 0. The van der Waals surface area contributed by atoms with Gasteiger partial charge in [0.25, 0.3) is 0 Å². The zero-order chi connectivity index (χ0) is 14.5. The first-order chi connectivity index (χ1) is 8.83. The molecule has 0 aliphatic heterocycles. The predicted octanol–water partition coefficient (Wildman–Crippen LogP) is 2.96. The molecule has 5 heteroatoms. The molecule has 0 N–H and O–H groups in total. The third-order valence-electron chi connectivity index (χ3n) is 3.00. The Morgan fingerprint density at radius 2 is 1.95 bits per heavy atom. The molecular weight excluding hydrogens is 359 g/mol. The van der Waals surface area contributed by atoms with Gasteiger partial charge in [-0.05, 0) is 40.5 Å². The Morgan fingerprint density at radius 1 is 1.26 bits per heavy atom. The normalized spacial score (nSPS) is 27.5. The fourth-order valence-electron chi connectivity index (χ4n) is 2.12. The van der Waals surface area contributed by atoms with Crippen molar-refractivity contribution in [3.05, 3.63) is 0 Å². The first kappa shape index (κ1) is 17.2. The number of esters is 1. The van der Waals surface area contributed by atoms with E-state index in [4.69, 9.17) is 14.2 Å². The van der Waals surface area contributed by atoms with Crippen molar-refractivity contribution in [2.24, 2.45) is 5.92 Å². The zero-order valence-electron chi connectivity index (χ0n) is 12.3. The monoisotopic (exact) mass is 384 g/mol. The van der Waals surface area contributed by atoms with Gasteiger partial charge >= 0.3 is 5.97 Å². The SMILES string of the molecule is CCOC(=O)C1CC(I)C(OCCOC(C)(C)C)C1. The number of halogens is 1. The van der Waals surface area contributed by atoms with Crippen molar-refractivity contribution in [1.82, 2.24) is 0 Å². The summed E-state index contributed by atoms with van der Waals surface area (Å²) in [7, 11) is 0. The molecule has 0 saturated heterocycles. The molecule has 0 spiro atoms. The summed E-state index contributed by atoms with van der Waals surface area (Å²) in [6, 6.07) is 0. The summed E-state index contributed by atoms with van der Waals surface area (Å²) < 4.78 is 16.9. The Labute approximate surface area is 129 Å². The minimum Gasteiger partial charge on any atom is -0.466 e. The average Bonchev–Trinajstić information content (AvgIpc) is 2.66. The molecule has 112 valence electrons. The molecule has 1 fully saturated rings. The maximum Gasteiger partial charge on any atom is 0.309 e.